The van der Waals surface area contributed by atoms with Gasteiger partial charge in [0, 0.05) is 23.7 Å². The monoisotopic (exact) mass is 419 g/mol. The number of pyridine rings is 1. The van der Waals surface area contributed by atoms with Crippen LogP contribution in [-0.4, -0.2) is 35.4 Å². The molecule has 1 aliphatic carbocycles. The van der Waals surface area contributed by atoms with Gasteiger partial charge in [0.05, 0.1) is 37.9 Å². The second-order valence-electron chi connectivity index (χ2n) is 7.44. The highest BCUT2D eigenvalue weighted by Crippen LogP contribution is 2.38. The second kappa shape index (κ2) is 7.16. The van der Waals surface area contributed by atoms with Gasteiger partial charge in [-0.3, -0.25) is 14.3 Å². The molecule has 0 unspecified atom stereocenters. The highest BCUT2D eigenvalue weighted by molar-refractivity contribution is 6.05. The number of nitrogens with zero attached hydrogens (tertiary/aromatic N) is 3. The fourth-order valence-electron chi connectivity index (χ4n) is 4.03. The molecule has 0 amide bonds. The van der Waals surface area contributed by atoms with Crippen LogP contribution in [0.1, 0.15) is 18.9 Å². The van der Waals surface area contributed by atoms with Gasteiger partial charge in [-0.2, -0.15) is 0 Å². The van der Waals surface area contributed by atoms with Crippen LogP contribution in [0.2, 0.25) is 0 Å². The maximum absolute atomic E-state index is 13.7. The van der Waals surface area contributed by atoms with Gasteiger partial charge in [-0.25, -0.2) is 9.36 Å². The van der Waals surface area contributed by atoms with E-state index in [0.29, 0.717) is 44.7 Å². The maximum Gasteiger partial charge on any atom is 0.336 e. The molecular weight excluding hydrogens is 398 g/mol. The second-order valence-corrected chi connectivity index (χ2v) is 7.44. The number of aromatic nitrogens is 3. The van der Waals surface area contributed by atoms with Crippen LogP contribution in [0.4, 0.5) is 0 Å². The van der Waals surface area contributed by atoms with Crippen molar-refractivity contribution in [2.24, 2.45) is 0 Å². The molecule has 1 aliphatic rings. The first-order valence-corrected chi connectivity index (χ1v) is 9.94. The number of methoxy groups -OCH3 is 3. The Bertz CT molecular complexity index is 1450. The Balaban J connectivity index is 1.93. The van der Waals surface area contributed by atoms with Crippen molar-refractivity contribution in [3.8, 4) is 22.9 Å². The molecule has 2 heterocycles. The van der Waals surface area contributed by atoms with Gasteiger partial charge in [0.15, 0.2) is 0 Å². The van der Waals surface area contributed by atoms with E-state index in [1.54, 1.807) is 37.0 Å². The van der Waals surface area contributed by atoms with Crippen LogP contribution in [0.5, 0.6) is 17.2 Å². The Labute approximate surface area is 177 Å². The minimum absolute atomic E-state index is 0.0305. The van der Waals surface area contributed by atoms with Crippen LogP contribution in [-0.2, 0) is 0 Å². The largest absolute Gasteiger partial charge is 0.497 e. The van der Waals surface area contributed by atoms with Crippen molar-refractivity contribution in [2.45, 2.75) is 18.9 Å². The molecule has 0 spiro atoms. The average Bonchev–Trinajstić information content (AvgIpc) is 3.63. The topological polar surface area (TPSA) is 84.6 Å². The van der Waals surface area contributed by atoms with Crippen molar-refractivity contribution in [1.82, 2.24) is 14.1 Å². The molecule has 0 bridgehead atoms. The lowest BCUT2D eigenvalue weighted by atomic mass is 10.1. The molecule has 1 fully saturated rings. The molecule has 8 nitrogen and oxygen atoms in total. The first kappa shape index (κ1) is 19.2. The van der Waals surface area contributed by atoms with Crippen LogP contribution in [0.15, 0.2) is 52.2 Å². The van der Waals surface area contributed by atoms with Crippen molar-refractivity contribution in [3.05, 3.63) is 63.4 Å². The summed E-state index contributed by atoms with van der Waals surface area (Å²) in [6.45, 7) is 0. The summed E-state index contributed by atoms with van der Waals surface area (Å²) in [4.78, 5) is 31.7. The Morgan fingerprint density at radius 1 is 0.935 bits per heavy atom. The third-order valence-corrected chi connectivity index (χ3v) is 5.66. The van der Waals surface area contributed by atoms with Gasteiger partial charge >= 0.3 is 5.69 Å². The lowest BCUT2D eigenvalue weighted by Gasteiger charge is -2.17. The maximum atomic E-state index is 13.7. The summed E-state index contributed by atoms with van der Waals surface area (Å²) in [6, 6.07) is 10.5. The van der Waals surface area contributed by atoms with E-state index >= 15 is 0 Å². The summed E-state index contributed by atoms with van der Waals surface area (Å²) in [7, 11) is 4.61. The fraction of sp³-hybridized carbons (Fsp3) is 0.261. The number of hydrogen-bond donors (Lipinski definition) is 0. The van der Waals surface area contributed by atoms with Gasteiger partial charge in [0.2, 0.25) is 0 Å². The quantitative estimate of drug-likeness (QED) is 0.462. The van der Waals surface area contributed by atoms with Gasteiger partial charge in [0.25, 0.3) is 5.56 Å². The SMILES string of the molecule is COc1ccc(-n2c(=O)c3cnc4c(OC)cccc4c3n(C3CC3)c2=O)c(OC)c1. The van der Waals surface area contributed by atoms with Crippen molar-refractivity contribution in [3.63, 3.8) is 0 Å². The summed E-state index contributed by atoms with van der Waals surface area (Å²) in [5.74, 6) is 1.53. The molecule has 2 aromatic carbocycles. The first-order valence-electron chi connectivity index (χ1n) is 9.94. The van der Waals surface area contributed by atoms with Gasteiger partial charge in [-0.15, -0.1) is 0 Å². The third-order valence-electron chi connectivity index (χ3n) is 5.66. The van der Waals surface area contributed by atoms with Crippen LogP contribution in [0, 0.1) is 0 Å². The van der Waals surface area contributed by atoms with Gasteiger partial charge in [0.1, 0.15) is 22.8 Å². The number of benzene rings is 2. The summed E-state index contributed by atoms with van der Waals surface area (Å²) in [6.07, 6.45) is 3.27. The zero-order valence-electron chi connectivity index (χ0n) is 17.4. The minimum Gasteiger partial charge on any atom is -0.497 e. The molecule has 5 rings (SSSR count). The fourth-order valence-corrected chi connectivity index (χ4v) is 4.03. The first-order chi connectivity index (χ1) is 15.1. The number of ether oxygens (including phenoxy) is 3. The Morgan fingerprint density at radius 2 is 1.71 bits per heavy atom. The summed E-state index contributed by atoms with van der Waals surface area (Å²) in [5, 5.41) is 1.08. The number of para-hydroxylation sites is 1. The van der Waals surface area contributed by atoms with E-state index in [1.807, 2.05) is 18.2 Å². The zero-order chi connectivity index (χ0) is 21.7. The minimum atomic E-state index is -0.447. The highest BCUT2D eigenvalue weighted by Gasteiger charge is 2.30. The van der Waals surface area contributed by atoms with Crippen LogP contribution >= 0.6 is 0 Å². The molecule has 0 atom stereocenters. The van der Waals surface area contributed by atoms with Crippen molar-refractivity contribution >= 4 is 21.8 Å². The van der Waals surface area contributed by atoms with E-state index in [4.69, 9.17) is 14.2 Å². The highest BCUT2D eigenvalue weighted by atomic mass is 16.5. The summed E-state index contributed by atoms with van der Waals surface area (Å²) < 4.78 is 19.0. The predicted octanol–water partition coefficient (Wildman–Crippen LogP) is 3.06. The molecule has 0 radical (unpaired) electrons. The van der Waals surface area contributed by atoms with Crippen LogP contribution in [0.25, 0.3) is 27.5 Å². The van der Waals surface area contributed by atoms with Crippen molar-refractivity contribution in [2.75, 3.05) is 21.3 Å². The zero-order valence-corrected chi connectivity index (χ0v) is 17.4. The molecule has 2 aromatic heterocycles. The summed E-state index contributed by atoms with van der Waals surface area (Å²) >= 11 is 0. The Morgan fingerprint density at radius 3 is 2.39 bits per heavy atom. The van der Waals surface area contributed by atoms with Crippen LogP contribution in [0.3, 0.4) is 0 Å². The van der Waals surface area contributed by atoms with E-state index in [2.05, 4.69) is 4.98 Å². The van der Waals surface area contributed by atoms with E-state index in [0.717, 1.165) is 17.4 Å². The average molecular weight is 419 g/mol. The van der Waals surface area contributed by atoms with E-state index < -0.39 is 11.2 Å². The van der Waals surface area contributed by atoms with Crippen molar-refractivity contribution in [1.29, 1.82) is 0 Å². The lowest BCUT2D eigenvalue weighted by molar-refractivity contribution is 0.392. The standard InChI is InChI=1S/C23H21N3O5/c1-29-14-9-10-17(19(11-14)31-3)26-22(27)16-12-24-20-15(5-4-6-18(20)30-2)21(16)25(23(26)28)13-7-8-13/h4-6,9-13H,7-8H2,1-3H3. The molecule has 0 N–H and O–H groups in total. The molecule has 4 aromatic rings. The molecular formula is C23H21N3O5. The molecule has 0 saturated heterocycles. The third kappa shape index (κ3) is 2.86. The van der Waals surface area contributed by atoms with Crippen LogP contribution < -0.4 is 25.5 Å². The number of rotatable bonds is 5. The van der Waals surface area contributed by atoms with Crippen molar-refractivity contribution < 1.29 is 14.2 Å². The van der Waals surface area contributed by atoms with Gasteiger partial charge < -0.3 is 14.2 Å². The predicted molar refractivity (Wildman–Crippen MR) is 117 cm³/mol. The Kier molecular flexibility index (Phi) is 4.43. The Hall–Kier alpha value is -3.81. The van der Waals surface area contributed by atoms with Gasteiger partial charge in [-0.05, 0) is 31.0 Å². The van der Waals surface area contributed by atoms with E-state index in [-0.39, 0.29) is 6.04 Å². The molecule has 158 valence electrons. The lowest BCUT2D eigenvalue weighted by Crippen LogP contribution is -2.39. The molecule has 8 heteroatoms. The van der Waals surface area contributed by atoms with Gasteiger partial charge in [-0.1, -0.05) is 12.1 Å². The molecule has 0 aliphatic heterocycles. The normalized spacial score (nSPS) is 13.5. The van der Waals surface area contributed by atoms with E-state index in [1.165, 1.54) is 13.3 Å². The van der Waals surface area contributed by atoms with E-state index in [9.17, 15) is 9.59 Å². The number of fused-ring (bicyclic) bond motifs is 3. The molecule has 1 saturated carbocycles. The smallest absolute Gasteiger partial charge is 0.336 e. The molecule has 31 heavy (non-hydrogen) atoms. The summed E-state index contributed by atoms with van der Waals surface area (Å²) in [5.41, 5.74) is 0.715. The number of hydrogen-bond acceptors (Lipinski definition) is 6.